The first-order chi connectivity index (χ1) is 9.24. The highest BCUT2D eigenvalue weighted by atomic mass is 16.5. The van der Waals surface area contributed by atoms with Crippen LogP contribution in [0.3, 0.4) is 0 Å². The highest BCUT2D eigenvalue weighted by molar-refractivity contribution is 5.76. The van der Waals surface area contributed by atoms with E-state index in [2.05, 4.69) is 5.32 Å². The Morgan fingerprint density at radius 1 is 1.47 bits per heavy atom. The average molecular weight is 262 g/mol. The van der Waals surface area contributed by atoms with Gasteiger partial charge >= 0.3 is 0 Å². The molecule has 0 bridgehead atoms. The van der Waals surface area contributed by atoms with Crippen LogP contribution in [-0.4, -0.2) is 25.6 Å². The molecule has 1 aliphatic rings. The molecular weight excluding hydrogens is 240 g/mol. The van der Waals surface area contributed by atoms with Crippen molar-refractivity contribution in [2.75, 3.05) is 13.7 Å². The first kappa shape index (κ1) is 13.9. The average Bonchev–Trinajstić information content (AvgIpc) is 3.27. The number of benzene rings is 1. The molecule has 0 saturated heterocycles. The van der Waals surface area contributed by atoms with E-state index >= 15 is 0 Å². The van der Waals surface area contributed by atoms with Crippen LogP contribution >= 0.6 is 0 Å². The van der Waals surface area contributed by atoms with Gasteiger partial charge in [-0.15, -0.1) is 0 Å². The second-order valence-electron chi connectivity index (χ2n) is 5.06. The zero-order valence-corrected chi connectivity index (χ0v) is 11.4. The Balaban J connectivity index is 1.82. The van der Waals surface area contributed by atoms with Gasteiger partial charge in [0.2, 0.25) is 5.91 Å². The highest BCUT2D eigenvalue weighted by Crippen LogP contribution is 2.32. The first-order valence-electron chi connectivity index (χ1n) is 6.86. The fourth-order valence-corrected chi connectivity index (χ4v) is 2.30. The van der Waals surface area contributed by atoms with Gasteiger partial charge in [0, 0.05) is 19.0 Å². The molecule has 1 atom stereocenters. The summed E-state index contributed by atoms with van der Waals surface area (Å²) in [6.45, 7) is 0.533. The van der Waals surface area contributed by atoms with Gasteiger partial charge in [-0.1, -0.05) is 18.2 Å². The molecule has 4 nitrogen and oxygen atoms in total. The molecule has 3 N–H and O–H groups in total. The molecule has 0 radical (unpaired) electrons. The number of carbonyl (C=O) groups excluding carboxylic acids is 1. The molecule has 1 amide bonds. The minimum absolute atomic E-state index is 0.0771. The second kappa shape index (κ2) is 6.57. The molecule has 1 aliphatic carbocycles. The van der Waals surface area contributed by atoms with Crippen molar-refractivity contribution >= 4 is 5.91 Å². The van der Waals surface area contributed by atoms with Gasteiger partial charge in [-0.3, -0.25) is 4.79 Å². The van der Waals surface area contributed by atoms with Crippen molar-refractivity contribution in [2.24, 2.45) is 11.7 Å². The van der Waals surface area contributed by atoms with Crippen LogP contribution in [0, 0.1) is 5.92 Å². The Morgan fingerprint density at radius 2 is 2.21 bits per heavy atom. The zero-order valence-electron chi connectivity index (χ0n) is 11.4. The van der Waals surface area contributed by atoms with Crippen LogP contribution < -0.4 is 15.8 Å². The number of amides is 1. The Morgan fingerprint density at radius 3 is 2.84 bits per heavy atom. The predicted molar refractivity (Wildman–Crippen MR) is 75.0 cm³/mol. The van der Waals surface area contributed by atoms with Gasteiger partial charge in [-0.2, -0.15) is 0 Å². The summed E-state index contributed by atoms with van der Waals surface area (Å²) >= 11 is 0. The van der Waals surface area contributed by atoms with E-state index in [1.807, 2.05) is 24.3 Å². The van der Waals surface area contributed by atoms with Crippen molar-refractivity contribution in [2.45, 2.75) is 31.7 Å². The number of hydrogen-bond donors (Lipinski definition) is 2. The molecule has 0 aliphatic heterocycles. The van der Waals surface area contributed by atoms with Crippen LogP contribution in [0.2, 0.25) is 0 Å². The predicted octanol–water partition coefficient (Wildman–Crippen LogP) is 1.48. The van der Waals surface area contributed by atoms with Gasteiger partial charge in [-0.05, 0) is 36.8 Å². The number of nitrogens with two attached hydrogens (primary N) is 1. The molecule has 19 heavy (non-hydrogen) atoms. The topological polar surface area (TPSA) is 64.3 Å². The third kappa shape index (κ3) is 3.96. The lowest BCUT2D eigenvalue weighted by molar-refractivity contribution is -0.121. The number of carbonyl (C=O) groups is 1. The standard InChI is InChI=1S/C15H22N2O2/c1-19-14-5-3-2-4-12(14)8-9-15(18)17-13(10-16)11-6-7-11/h2-5,11,13H,6-10,16H2,1H3,(H,17,18). The smallest absolute Gasteiger partial charge is 0.220 e. The summed E-state index contributed by atoms with van der Waals surface area (Å²) in [6.07, 6.45) is 3.55. The molecular formula is C15H22N2O2. The summed E-state index contributed by atoms with van der Waals surface area (Å²) in [4.78, 5) is 11.9. The highest BCUT2D eigenvalue weighted by Gasteiger charge is 2.31. The SMILES string of the molecule is COc1ccccc1CCC(=O)NC(CN)C1CC1. The summed E-state index contributed by atoms with van der Waals surface area (Å²) in [5.41, 5.74) is 6.75. The van der Waals surface area contributed by atoms with Gasteiger partial charge in [0.1, 0.15) is 5.75 Å². The number of para-hydroxylation sites is 1. The molecule has 0 spiro atoms. The van der Waals surface area contributed by atoms with Crippen molar-refractivity contribution in [3.05, 3.63) is 29.8 Å². The lowest BCUT2D eigenvalue weighted by Gasteiger charge is -2.16. The third-order valence-corrected chi connectivity index (χ3v) is 3.61. The Kier molecular flexibility index (Phi) is 4.80. The normalized spacial score (nSPS) is 15.9. The fourth-order valence-electron chi connectivity index (χ4n) is 2.30. The monoisotopic (exact) mass is 262 g/mol. The van der Waals surface area contributed by atoms with Gasteiger partial charge in [0.15, 0.2) is 0 Å². The molecule has 0 aromatic heterocycles. The van der Waals surface area contributed by atoms with E-state index < -0.39 is 0 Å². The molecule has 104 valence electrons. The van der Waals surface area contributed by atoms with E-state index in [0.717, 1.165) is 11.3 Å². The third-order valence-electron chi connectivity index (χ3n) is 3.61. The first-order valence-corrected chi connectivity index (χ1v) is 6.86. The number of ether oxygens (including phenoxy) is 1. The largest absolute Gasteiger partial charge is 0.496 e. The maximum absolute atomic E-state index is 11.9. The van der Waals surface area contributed by atoms with Crippen LogP contribution in [0.1, 0.15) is 24.8 Å². The lowest BCUT2D eigenvalue weighted by atomic mass is 10.1. The quantitative estimate of drug-likeness (QED) is 0.782. The minimum Gasteiger partial charge on any atom is -0.496 e. The summed E-state index contributed by atoms with van der Waals surface area (Å²) < 4.78 is 5.28. The van der Waals surface area contributed by atoms with Crippen LogP contribution in [0.4, 0.5) is 0 Å². The molecule has 1 aromatic carbocycles. The van der Waals surface area contributed by atoms with Crippen molar-refractivity contribution < 1.29 is 9.53 Å². The van der Waals surface area contributed by atoms with E-state index in [-0.39, 0.29) is 11.9 Å². The summed E-state index contributed by atoms with van der Waals surface area (Å²) in [7, 11) is 1.65. The number of methoxy groups -OCH3 is 1. The van der Waals surface area contributed by atoms with Crippen LogP contribution in [-0.2, 0) is 11.2 Å². The number of hydrogen-bond acceptors (Lipinski definition) is 3. The molecule has 4 heteroatoms. The summed E-state index contributed by atoms with van der Waals surface area (Å²) in [5.74, 6) is 1.52. The van der Waals surface area contributed by atoms with E-state index in [1.54, 1.807) is 7.11 Å². The Hall–Kier alpha value is -1.55. The van der Waals surface area contributed by atoms with Gasteiger partial charge in [0.25, 0.3) is 0 Å². The van der Waals surface area contributed by atoms with Crippen LogP contribution in [0.25, 0.3) is 0 Å². The lowest BCUT2D eigenvalue weighted by Crippen LogP contribution is -2.41. The number of rotatable bonds is 7. The second-order valence-corrected chi connectivity index (χ2v) is 5.06. The number of aryl methyl sites for hydroxylation is 1. The minimum atomic E-state index is 0.0771. The molecule has 1 unspecified atom stereocenters. The van der Waals surface area contributed by atoms with E-state index in [1.165, 1.54) is 12.8 Å². The van der Waals surface area contributed by atoms with Crippen molar-refractivity contribution in [3.63, 3.8) is 0 Å². The van der Waals surface area contributed by atoms with Gasteiger partial charge < -0.3 is 15.8 Å². The fraction of sp³-hybridized carbons (Fsp3) is 0.533. The Labute approximate surface area is 114 Å². The Bertz CT molecular complexity index is 430. The molecule has 1 fully saturated rings. The maximum atomic E-state index is 11.9. The summed E-state index contributed by atoms with van der Waals surface area (Å²) in [5, 5.41) is 3.03. The maximum Gasteiger partial charge on any atom is 0.220 e. The van der Waals surface area contributed by atoms with Gasteiger partial charge in [0.05, 0.1) is 7.11 Å². The van der Waals surface area contributed by atoms with Crippen molar-refractivity contribution in [3.8, 4) is 5.75 Å². The van der Waals surface area contributed by atoms with E-state index in [0.29, 0.717) is 25.3 Å². The molecule has 2 rings (SSSR count). The molecule has 1 saturated carbocycles. The van der Waals surface area contributed by atoms with Crippen LogP contribution in [0.15, 0.2) is 24.3 Å². The zero-order chi connectivity index (χ0) is 13.7. The van der Waals surface area contributed by atoms with Crippen molar-refractivity contribution in [1.82, 2.24) is 5.32 Å². The van der Waals surface area contributed by atoms with E-state index in [4.69, 9.17) is 10.5 Å². The number of nitrogens with one attached hydrogen (secondary N) is 1. The van der Waals surface area contributed by atoms with Gasteiger partial charge in [-0.25, -0.2) is 0 Å². The van der Waals surface area contributed by atoms with Crippen LogP contribution in [0.5, 0.6) is 5.75 Å². The van der Waals surface area contributed by atoms with Crippen molar-refractivity contribution in [1.29, 1.82) is 0 Å². The van der Waals surface area contributed by atoms with E-state index in [9.17, 15) is 4.79 Å². The summed E-state index contributed by atoms with van der Waals surface area (Å²) in [6, 6.07) is 7.96. The molecule has 0 heterocycles. The molecule has 1 aromatic rings.